The van der Waals surface area contributed by atoms with Gasteiger partial charge in [-0.2, -0.15) is 0 Å². The Morgan fingerprint density at radius 3 is 2.75 bits per heavy atom. The molecular formula is C17H17FN4OS. The van der Waals surface area contributed by atoms with Crippen molar-refractivity contribution < 1.29 is 8.94 Å². The van der Waals surface area contributed by atoms with Crippen LogP contribution in [-0.4, -0.2) is 32.1 Å². The number of hydrogen-bond donors (Lipinski definition) is 1. The first-order valence-electron chi connectivity index (χ1n) is 7.83. The second-order valence-electron chi connectivity index (χ2n) is 5.86. The fraction of sp³-hybridized carbons (Fsp3) is 0.294. The molecule has 4 rings (SSSR count). The highest BCUT2D eigenvalue weighted by Gasteiger charge is 2.48. The highest BCUT2D eigenvalue weighted by atomic mass is 32.2. The molecule has 1 fully saturated rings. The molecule has 2 aliphatic rings. The smallest absolute Gasteiger partial charge is 0.335 e. The van der Waals surface area contributed by atoms with Crippen molar-refractivity contribution in [3.8, 4) is 0 Å². The summed E-state index contributed by atoms with van der Waals surface area (Å²) in [4.78, 5) is 4.18. The molecule has 0 saturated carbocycles. The number of fused-ring (bicyclic) bond motifs is 1. The summed E-state index contributed by atoms with van der Waals surface area (Å²) in [6, 6.07) is 15.1. The summed E-state index contributed by atoms with van der Waals surface area (Å²) in [5.74, 6) is 0.264. The number of hydrazone groups is 1. The Morgan fingerprint density at radius 1 is 1.21 bits per heavy atom. The number of halogens is 1. The Morgan fingerprint density at radius 2 is 2.00 bits per heavy atom. The monoisotopic (exact) mass is 344 g/mol. The van der Waals surface area contributed by atoms with E-state index >= 15 is 0 Å². The number of rotatable bonds is 3. The molecule has 124 valence electrons. The third-order valence-electron chi connectivity index (χ3n) is 4.28. The average molecular weight is 344 g/mol. The van der Waals surface area contributed by atoms with Crippen molar-refractivity contribution in [2.24, 2.45) is 5.10 Å². The molecule has 3 heterocycles. The van der Waals surface area contributed by atoms with Crippen molar-refractivity contribution in [2.75, 3.05) is 0 Å². The van der Waals surface area contributed by atoms with E-state index in [0.717, 1.165) is 11.3 Å². The lowest BCUT2D eigenvalue weighted by atomic mass is 10.1. The van der Waals surface area contributed by atoms with E-state index < -0.39 is 23.5 Å². The first-order chi connectivity index (χ1) is 11.7. The highest BCUT2D eigenvalue weighted by Crippen LogP contribution is 2.39. The molecule has 0 spiro atoms. The van der Waals surface area contributed by atoms with E-state index in [4.69, 9.17) is 0 Å². The molecule has 4 atom stereocenters. The van der Waals surface area contributed by atoms with Gasteiger partial charge in [0.2, 0.25) is 0 Å². The van der Waals surface area contributed by atoms with E-state index in [0.29, 0.717) is 11.6 Å². The summed E-state index contributed by atoms with van der Waals surface area (Å²) in [7, 11) is 0. The van der Waals surface area contributed by atoms with E-state index in [2.05, 4.69) is 15.4 Å². The van der Waals surface area contributed by atoms with Crippen LogP contribution in [0.25, 0.3) is 0 Å². The molecule has 0 aliphatic carbocycles. The lowest BCUT2D eigenvalue weighted by molar-refractivity contribution is 0.180. The topological polar surface area (TPSA) is 63.6 Å². The van der Waals surface area contributed by atoms with E-state index in [1.807, 2.05) is 48.5 Å². The quantitative estimate of drug-likeness (QED) is 0.868. The van der Waals surface area contributed by atoms with Gasteiger partial charge in [0.15, 0.2) is 11.9 Å². The molecule has 7 heteroatoms. The fourth-order valence-corrected chi connectivity index (χ4v) is 4.13. The van der Waals surface area contributed by atoms with Gasteiger partial charge in [-0.1, -0.05) is 36.4 Å². The van der Waals surface area contributed by atoms with Crippen LogP contribution in [0.5, 0.6) is 0 Å². The number of pyridine rings is 1. The molecule has 1 aromatic heterocycles. The maximum absolute atomic E-state index is 14.4. The normalized spacial score (nSPS) is 26.7. The summed E-state index contributed by atoms with van der Waals surface area (Å²) in [5.41, 5.74) is 1.74. The second-order valence-corrected chi connectivity index (χ2v) is 7.23. The maximum Gasteiger partial charge on any atom is 0.335 e. The minimum atomic E-state index is -1.37. The molecule has 5 nitrogen and oxygen atoms in total. The van der Waals surface area contributed by atoms with Gasteiger partial charge in [-0.15, -0.1) is 5.10 Å². The van der Waals surface area contributed by atoms with E-state index in [1.165, 1.54) is 0 Å². The Labute approximate surface area is 142 Å². The zero-order valence-electron chi connectivity index (χ0n) is 12.9. The van der Waals surface area contributed by atoms with Gasteiger partial charge in [0.25, 0.3) is 0 Å². The molecule has 24 heavy (non-hydrogen) atoms. The molecular weight excluding hydrogens is 327 g/mol. The van der Waals surface area contributed by atoms with Crippen LogP contribution in [0.4, 0.5) is 4.39 Å². The molecule has 0 radical (unpaired) electrons. The number of nitrogens with zero attached hydrogens (tertiary/aromatic N) is 3. The van der Waals surface area contributed by atoms with Gasteiger partial charge in [0.05, 0.1) is 11.7 Å². The molecule has 1 saturated heterocycles. The molecule has 2 unspecified atom stereocenters. The first kappa shape index (κ1) is 15.4. The number of nitrogens with one attached hydrogen (secondary N) is 1. The lowest BCUT2D eigenvalue weighted by Crippen LogP contribution is -2.41. The van der Waals surface area contributed by atoms with Crippen LogP contribution in [0.2, 0.25) is 0 Å². The van der Waals surface area contributed by atoms with Crippen molar-refractivity contribution in [1.29, 1.82) is 0 Å². The first-order valence-corrected chi connectivity index (χ1v) is 9.15. The zero-order valence-corrected chi connectivity index (χ0v) is 13.7. The SMILES string of the molecule is [O-][S+](Cc1ccccn1)C1=NN2C(N1)[C@@H](F)C[C@H]2c1ccccc1. The van der Waals surface area contributed by atoms with E-state index in [-0.39, 0.29) is 11.8 Å². The minimum absolute atomic E-state index is 0.136. The zero-order chi connectivity index (χ0) is 16.5. The number of benzene rings is 1. The standard InChI is InChI=1S/C17H17FN4OS/c18-14-10-15(12-6-2-1-3-7-12)22-16(14)20-17(21-22)24(23)11-13-8-4-5-9-19-13/h1-9,14-16H,10-11H2,(H,20,21)/t14-,15-,16?,24?/m0/s1. The van der Waals surface area contributed by atoms with Crippen LogP contribution in [-0.2, 0) is 16.9 Å². The number of alkyl halides is 1. The molecule has 1 aromatic carbocycles. The lowest BCUT2D eigenvalue weighted by Gasteiger charge is -2.20. The van der Waals surface area contributed by atoms with Gasteiger partial charge in [-0.3, -0.25) is 9.99 Å². The van der Waals surface area contributed by atoms with Crippen molar-refractivity contribution in [3.05, 3.63) is 66.0 Å². The Hall–Kier alpha value is -2.12. The van der Waals surface area contributed by atoms with Crippen molar-refractivity contribution in [1.82, 2.24) is 15.3 Å². The number of amidine groups is 1. The van der Waals surface area contributed by atoms with Crippen LogP contribution in [0.15, 0.2) is 59.8 Å². The summed E-state index contributed by atoms with van der Waals surface area (Å²) in [6.07, 6.45) is 0.449. The molecule has 2 aromatic rings. The van der Waals surface area contributed by atoms with Gasteiger partial charge < -0.3 is 9.87 Å². The van der Waals surface area contributed by atoms with E-state index in [9.17, 15) is 8.94 Å². The fourth-order valence-electron chi connectivity index (χ4n) is 3.12. The number of hydrogen-bond acceptors (Lipinski definition) is 5. The van der Waals surface area contributed by atoms with Gasteiger partial charge in [0, 0.05) is 23.8 Å². The molecule has 0 bridgehead atoms. The summed E-state index contributed by atoms with van der Waals surface area (Å²) in [6.45, 7) is 0. The molecule has 0 amide bonds. The maximum atomic E-state index is 14.4. The Kier molecular flexibility index (Phi) is 4.12. The summed E-state index contributed by atoms with van der Waals surface area (Å²) >= 11 is -1.37. The van der Waals surface area contributed by atoms with Gasteiger partial charge >= 0.3 is 5.17 Å². The van der Waals surface area contributed by atoms with Crippen LogP contribution < -0.4 is 5.32 Å². The van der Waals surface area contributed by atoms with Crippen molar-refractivity contribution in [3.63, 3.8) is 0 Å². The predicted octanol–water partition coefficient (Wildman–Crippen LogP) is 2.32. The Balaban J connectivity index is 1.53. The molecule has 1 N–H and O–H groups in total. The van der Waals surface area contributed by atoms with Crippen LogP contribution >= 0.6 is 0 Å². The minimum Gasteiger partial charge on any atom is -0.609 e. The largest absolute Gasteiger partial charge is 0.609 e. The third-order valence-corrected chi connectivity index (χ3v) is 5.47. The van der Waals surface area contributed by atoms with Crippen molar-refractivity contribution >= 4 is 16.3 Å². The van der Waals surface area contributed by atoms with Gasteiger partial charge in [0.1, 0.15) is 6.17 Å². The molecule has 2 aliphatic heterocycles. The predicted molar refractivity (Wildman–Crippen MR) is 91.0 cm³/mol. The number of aromatic nitrogens is 1. The van der Waals surface area contributed by atoms with Gasteiger partial charge in [-0.05, 0) is 17.7 Å². The summed E-state index contributed by atoms with van der Waals surface area (Å²) in [5, 5.41) is 9.46. The Bertz CT molecular complexity index is 730. The van der Waals surface area contributed by atoms with Crippen LogP contribution in [0.3, 0.4) is 0 Å². The third kappa shape index (κ3) is 2.85. The van der Waals surface area contributed by atoms with Gasteiger partial charge in [-0.25, -0.2) is 4.39 Å². The van der Waals surface area contributed by atoms with E-state index in [1.54, 1.807) is 11.2 Å². The van der Waals surface area contributed by atoms with Crippen molar-refractivity contribution in [2.45, 2.75) is 30.6 Å². The second kappa shape index (κ2) is 6.41. The summed E-state index contributed by atoms with van der Waals surface area (Å²) < 4.78 is 26.9. The van der Waals surface area contributed by atoms with Crippen LogP contribution in [0.1, 0.15) is 23.7 Å². The highest BCUT2D eigenvalue weighted by molar-refractivity contribution is 8.05. The average Bonchev–Trinajstić information content (AvgIpc) is 3.18. The van der Waals surface area contributed by atoms with Crippen LogP contribution in [0, 0.1) is 0 Å².